The Labute approximate surface area is 333 Å². The Morgan fingerprint density at radius 1 is 0.386 bits per heavy atom. The van der Waals surface area contributed by atoms with Gasteiger partial charge in [0.2, 0.25) is 0 Å². The van der Waals surface area contributed by atoms with Crippen molar-refractivity contribution in [3.8, 4) is 56.4 Å². The van der Waals surface area contributed by atoms with Crippen LogP contribution in [-0.4, -0.2) is 15.0 Å². The summed E-state index contributed by atoms with van der Waals surface area (Å²) in [5.41, 5.74) is 14.1. The van der Waals surface area contributed by atoms with Crippen LogP contribution in [0.1, 0.15) is 22.3 Å². The summed E-state index contributed by atoms with van der Waals surface area (Å²) in [6.07, 6.45) is 0. The summed E-state index contributed by atoms with van der Waals surface area (Å²) in [7, 11) is 0. The third kappa shape index (κ3) is 4.79. The van der Waals surface area contributed by atoms with E-state index in [-0.39, 0.29) is 0 Å². The molecule has 12 rings (SSSR count). The predicted molar refractivity (Wildman–Crippen MR) is 230 cm³/mol. The Hall–Kier alpha value is -7.08. The molecule has 3 heterocycles. The van der Waals surface area contributed by atoms with Crippen molar-refractivity contribution in [2.45, 2.75) is 15.2 Å². The van der Waals surface area contributed by atoms with Crippen molar-refractivity contribution in [3.05, 3.63) is 210 Å². The largest absolute Gasteiger partial charge is 0.456 e. The summed E-state index contributed by atoms with van der Waals surface area (Å²) in [6, 6.07) is 66.6. The monoisotopic (exact) mass is 745 g/mol. The molecular formula is C52H31N3OS. The Balaban J connectivity index is 1.07. The molecule has 2 aromatic heterocycles. The highest BCUT2D eigenvalue weighted by Gasteiger charge is 2.50. The quantitative estimate of drug-likeness (QED) is 0.180. The molecule has 5 heteroatoms. The van der Waals surface area contributed by atoms with Crippen LogP contribution in [0.15, 0.2) is 202 Å². The molecule has 0 unspecified atom stereocenters. The maximum Gasteiger partial charge on any atom is 0.164 e. The Morgan fingerprint density at radius 3 is 1.56 bits per heavy atom. The van der Waals surface area contributed by atoms with Crippen LogP contribution in [0.5, 0.6) is 0 Å². The Kier molecular flexibility index (Phi) is 7.04. The molecule has 10 aromatic rings. The zero-order valence-electron chi connectivity index (χ0n) is 30.6. The fourth-order valence-electron chi connectivity index (χ4n) is 9.11. The van der Waals surface area contributed by atoms with E-state index in [4.69, 9.17) is 19.4 Å². The van der Waals surface area contributed by atoms with E-state index in [2.05, 4.69) is 152 Å². The van der Waals surface area contributed by atoms with Crippen molar-refractivity contribution in [2.75, 3.05) is 0 Å². The maximum atomic E-state index is 6.65. The zero-order chi connectivity index (χ0) is 37.5. The number of nitrogens with zero attached hydrogens (tertiary/aromatic N) is 3. The van der Waals surface area contributed by atoms with E-state index in [1.165, 1.54) is 48.7 Å². The van der Waals surface area contributed by atoms with Crippen LogP contribution in [0.25, 0.3) is 78.4 Å². The fraction of sp³-hybridized carbons (Fsp3) is 0.0192. The van der Waals surface area contributed by atoms with Crippen molar-refractivity contribution >= 4 is 33.7 Å². The van der Waals surface area contributed by atoms with Gasteiger partial charge in [-0.1, -0.05) is 169 Å². The molecule has 266 valence electrons. The smallest absolute Gasteiger partial charge is 0.164 e. The standard InChI is InChI=1S/C52H31N3OS/c1-3-13-32(14-4-1)33-23-25-35(26-24-33)50-53-49(34-15-5-2-6-16-34)54-51(55-50)36-27-29-44-39(31-36)47-45(56-44)30-28-43-48(47)57-46-22-12-11-21-42(46)52(43)40-19-9-7-17-37(40)38-18-8-10-20-41(38)52/h1-31H. The van der Waals surface area contributed by atoms with Crippen LogP contribution < -0.4 is 0 Å². The number of hydrogen-bond acceptors (Lipinski definition) is 5. The van der Waals surface area contributed by atoms with Crippen LogP contribution in [0.4, 0.5) is 0 Å². The Morgan fingerprint density at radius 2 is 0.877 bits per heavy atom. The molecule has 2 aliphatic rings. The van der Waals surface area contributed by atoms with Gasteiger partial charge in [0.1, 0.15) is 11.2 Å². The topological polar surface area (TPSA) is 51.8 Å². The molecule has 1 spiro atoms. The molecule has 0 saturated heterocycles. The van der Waals surface area contributed by atoms with Crippen LogP contribution >= 0.6 is 11.8 Å². The third-order valence-electron chi connectivity index (χ3n) is 11.6. The average molecular weight is 746 g/mol. The van der Waals surface area contributed by atoms with Crippen LogP contribution in [-0.2, 0) is 5.41 Å². The second-order valence-corrected chi connectivity index (χ2v) is 15.7. The molecule has 57 heavy (non-hydrogen) atoms. The molecule has 0 fully saturated rings. The van der Waals surface area contributed by atoms with E-state index in [1.807, 2.05) is 48.2 Å². The average Bonchev–Trinajstić information content (AvgIpc) is 3.81. The zero-order valence-corrected chi connectivity index (χ0v) is 31.4. The second kappa shape index (κ2) is 12.5. The summed E-state index contributed by atoms with van der Waals surface area (Å²) >= 11 is 1.84. The lowest BCUT2D eigenvalue weighted by molar-refractivity contribution is 0.666. The van der Waals surface area contributed by atoms with Gasteiger partial charge >= 0.3 is 0 Å². The minimum atomic E-state index is -0.469. The number of hydrogen-bond donors (Lipinski definition) is 0. The minimum absolute atomic E-state index is 0.469. The van der Waals surface area contributed by atoms with E-state index in [0.717, 1.165) is 44.2 Å². The first-order chi connectivity index (χ1) is 28.2. The minimum Gasteiger partial charge on any atom is -0.456 e. The van der Waals surface area contributed by atoms with Gasteiger partial charge in [-0.25, -0.2) is 15.0 Å². The van der Waals surface area contributed by atoms with Gasteiger partial charge in [-0.15, -0.1) is 0 Å². The first-order valence-electron chi connectivity index (χ1n) is 19.2. The third-order valence-corrected chi connectivity index (χ3v) is 12.8. The molecular weight excluding hydrogens is 715 g/mol. The molecule has 8 aromatic carbocycles. The van der Waals surface area contributed by atoms with Gasteiger partial charge in [-0.05, 0) is 74.8 Å². The Bertz CT molecular complexity index is 3160. The van der Waals surface area contributed by atoms with Gasteiger partial charge in [0.05, 0.1) is 5.41 Å². The van der Waals surface area contributed by atoms with Gasteiger partial charge < -0.3 is 4.42 Å². The summed E-state index contributed by atoms with van der Waals surface area (Å²) < 4.78 is 6.65. The summed E-state index contributed by atoms with van der Waals surface area (Å²) in [4.78, 5) is 17.7. The van der Waals surface area contributed by atoms with E-state index in [9.17, 15) is 0 Å². The van der Waals surface area contributed by atoms with E-state index >= 15 is 0 Å². The molecule has 0 bridgehead atoms. The summed E-state index contributed by atoms with van der Waals surface area (Å²) in [6.45, 7) is 0. The molecule has 0 atom stereocenters. The SMILES string of the molecule is c1ccc(-c2ccc(-c3nc(-c4ccccc4)nc(-c4ccc5oc6ccc7c(c6c5c4)Sc4ccccc4C74c5ccccc5-c5ccccc54)n3)cc2)cc1. The van der Waals surface area contributed by atoms with Crippen molar-refractivity contribution in [1.82, 2.24) is 15.0 Å². The van der Waals surface area contributed by atoms with Gasteiger partial charge in [0, 0.05) is 37.3 Å². The first-order valence-corrected chi connectivity index (χ1v) is 20.0. The summed E-state index contributed by atoms with van der Waals surface area (Å²) in [5, 5.41) is 2.15. The normalized spacial score (nSPS) is 13.3. The summed E-state index contributed by atoms with van der Waals surface area (Å²) in [5.74, 6) is 1.87. The highest BCUT2D eigenvalue weighted by molar-refractivity contribution is 7.99. The molecule has 0 amide bonds. The molecule has 0 saturated carbocycles. The predicted octanol–water partition coefficient (Wildman–Crippen LogP) is 13.3. The lowest BCUT2D eigenvalue weighted by Gasteiger charge is -2.39. The van der Waals surface area contributed by atoms with E-state index in [1.54, 1.807) is 0 Å². The highest BCUT2D eigenvalue weighted by Crippen LogP contribution is 2.63. The lowest BCUT2D eigenvalue weighted by Crippen LogP contribution is -2.31. The number of furan rings is 1. The molecule has 0 N–H and O–H groups in total. The van der Waals surface area contributed by atoms with Crippen LogP contribution in [0.2, 0.25) is 0 Å². The number of aromatic nitrogens is 3. The number of rotatable bonds is 4. The van der Waals surface area contributed by atoms with Crippen LogP contribution in [0.3, 0.4) is 0 Å². The van der Waals surface area contributed by atoms with Gasteiger partial charge in [-0.3, -0.25) is 0 Å². The molecule has 0 radical (unpaired) electrons. The molecule has 1 aliphatic carbocycles. The van der Waals surface area contributed by atoms with Gasteiger partial charge in [0.25, 0.3) is 0 Å². The lowest BCUT2D eigenvalue weighted by atomic mass is 9.67. The number of fused-ring (bicyclic) bond motifs is 13. The van der Waals surface area contributed by atoms with E-state index < -0.39 is 5.41 Å². The molecule has 1 aliphatic heterocycles. The van der Waals surface area contributed by atoms with Crippen molar-refractivity contribution in [3.63, 3.8) is 0 Å². The molecule has 4 nitrogen and oxygen atoms in total. The van der Waals surface area contributed by atoms with Crippen molar-refractivity contribution < 1.29 is 4.42 Å². The van der Waals surface area contributed by atoms with Crippen molar-refractivity contribution in [2.24, 2.45) is 0 Å². The second-order valence-electron chi connectivity index (χ2n) is 14.7. The maximum absolute atomic E-state index is 6.65. The number of benzene rings is 8. The van der Waals surface area contributed by atoms with Gasteiger partial charge in [-0.2, -0.15) is 0 Å². The van der Waals surface area contributed by atoms with Crippen LogP contribution in [0, 0.1) is 0 Å². The fourth-order valence-corrected chi connectivity index (χ4v) is 10.4. The first kappa shape index (κ1) is 32.2. The highest BCUT2D eigenvalue weighted by atomic mass is 32.2. The van der Waals surface area contributed by atoms with Crippen molar-refractivity contribution in [1.29, 1.82) is 0 Å². The van der Waals surface area contributed by atoms with E-state index in [0.29, 0.717) is 17.5 Å². The van der Waals surface area contributed by atoms with Gasteiger partial charge in [0.15, 0.2) is 17.5 Å².